The largest absolute Gasteiger partial charge is 0.343 e. The van der Waals surface area contributed by atoms with Crippen LogP contribution < -0.4 is 10.2 Å². The number of hydrogen-bond acceptors (Lipinski definition) is 5. The zero-order valence-corrected chi connectivity index (χ0v) is 13.2. The highest BCUT2D eigenvalue weighted by atomic mass is 15.3. The van der Waals surface area contributed by atoms with Crippen molar-refractivity contribution in [3.05, 3.63) is 35.5 Å². The summed E-state index contributed by atoms with van der Waals surface area (Å²) in [5.74, 6) is 1.37. The fourth-order valence-corrected chi connectivity index (χ4v) is 2.10. The van der Waals surface area contributed by atoms with E-state index in [1.807, 2.05) is 11.9 Å². The van der Waals surface area contributed by atoms with Crippen LogP contribution in [0.5, 0.6) is 0 Å². The van der Waals surface area contributed by atoms with E-state index in [4.69, 9.17) is 0 Å². The summed E-state index contributed by atoms with van der Waals surface area (Å²) >= 11 is 0. The highest BCUT2D eigenvalue weighted by molar-refractivity contribution is 5.60. The highest BCUT2D eigenvalue weighted by Crippen LogP contribution is 2.20. The Labute approximate surface area is 126 Å². The summed E-state index contributed by atoms with van der Waals surface area (Å²) in [7, 11) is 1.99. The fraction of sp³-hybridized carbons (Fsp3) is 0.438. The average Bonchev–Trinajstić information content (AvgIpc) is 2.48. The lowest BCUT2D eigenvalue weighted by Gasteiger charge is -2.16. The lowest BCUT2D eigenvalue weighted by Crippen LogP contribution is -2.21. The van der Waals surface area contributed by atoms with E-state index in [1.165, 1.54) is 11.1 Å². The van der Waals surface area contributed by atoms with E-state index in [9.17, 15) is 0 Å². The fourth-order valence-electron chi connectivity index (χ4n) is 2.10. The second kappa shape index (κ2) is 7.02. The number of hydrogen-bond donors (Lipinski definition) is 1. The molecule has 1 N–H and O–H groups in total. The van der Waals surface area contributed by atoms with Crippen molar-refractivity contribution in [2.75, 3.05) is 23.8 Å². The minimum Gasteiger partial charge on any atom is -0.343 e. The molecular formula is C16H23N5. The average molecular weight is 285 g/mol. The maximum absolute atomic E-state index is 4.53. The number of rotatable bonds is 6. The van der Waals surface area contributed by atoms with Crippen LogP contribution in [0, 0.1) is 13.8 Å². The number of anilines is 3. The van der Waals surface area contributed by atoms with Gasteiger partial charge in [-0.1, -0.05) is 31.0 Å². The molecule has 2 aromatic rings. The molecule has 0 aliphatic rings. The Balaban J connectivity index is 2.13. The molecule has 1 aromatic carbocycles. The van der Waals surface area contributed by atoms with Gasteiger partial charge >= 0.3 is 0 Å². The van der Waals surface area contributed by atoms with E-state index in [2.05, 4.69) is 59.5 Å². The van der Waals surface area contributed by atoms with Crippen molar-refractivity contribution in [2.45, 2.75) is 33.6 Å². The molecule has 112 valence electrons. The van der Waals surface area contributed by atoms with Crippen molar-refractivity contribution in [3.63, 3.8) is 0 Å². The van der Waals surface area contributed by atoms with Gasteiger partial charge in [-0.15, -0.1) is 5.10 Å². The summed E-state index contributed by atoms with van der Waals surface area (Å²) in [4.78, 5) is 6.56. The van der Waals surface area contributed by atoms with Gasteiger partial charge in [-0.05, 0) is 31.9 Å². The predicted octanol–water partition coefficient (Wildman–Crippen LogP) is 3.47. The van der Waals surface area contributed by atoms with E-state index in [1.54, 1.807) is 6.20 Å². The lowest BCUT2D eigenvalue weighted by molar-refractivity contribution is 0.741. The normalized spacial score (nSPS) is 10.5. The van der Waals surface area contributed by atoms with Crippen LogP contribution in [-0.4, -0.2) is 28.8 Å². The zero-order valence-electron chi connectivity index (χ0n) is 13.2. The summed E-state index contributed by atoms with van der Waals surface area (Å²) in [5.41, 5.74) is 3.48. The van der Waals surface area contributed by atoms with E-state index < -0.39 is 0 Å². The Morgan fingerprint density at radius 2 is 2.05 bits per heavy atom. The van der Waals surface area contributed by atoms with E-state index in [-0.39, 0.29) is 0 Å². The molecule has 0 atom stereocenters. The van der Waals surface area contributed by atoms with Crippen molar-refractivity contribution < 1.29 is 0 Å². The molecule has 5 heteroatoms. The third-order valence-electron chi connectivity index (χ3n) is 3.38. The third-order valence-corrected chi connectivity index (χ3v) is 3.38. The van der Waals surface area contributed by atoms with Crippen molar-refractivity contribution in [2.24, 2.45) is 0 Å². The Kier molecular flexibility index (Phi) is 5.09. The van der Waals surface area contributed by atoms with Gasteiger partial charge in [0.15, 0.2) is 5.82 Å². The number of aryl methyl sites for hydroxylation is 2. The summed E-state index contributed by atoms with van der Waals surface area (Å²) < 4.78 is 0. The molecule has 1 heterocycles. The smallest absolute Gasteiger partial charge is 0.247 e. The summed E-state index contributed by atoms with van der Waals surface area (Å²) in [6.07, 6.45) is 3.92. The van der Waals surface area contributed by atoms with Gasteiger partial charge in [-0.3, -0.25) is 0 Å². The molecule has 0 amide bonds. The maximum atomic E-state index is 4.53. The molecule has 0 fully saturated rings. The van der Waals surface area contributed by atoms with E-state index >= 15 is 0 Å². The lowest BCUT2D eigenvalue weighted by atomic mass is 10.1. The number of unbranched alkanes of at least 4 members (excludes halogenated alkanes) is 1. The molecule has 0 unspecified atom stereocenters. The monoisotopic (exact) mass is 285 g/mol. The molecule has 1 aromatic heterocycles. The Morgan fingerprint density at radius 1 is 1.24 bits per heavy atom. The van der Waals surface area contributed by atoms with Crippen LogP contribution in [0.1, 0.15) is 30.9 Å². The minimum atomic E-state index is 0.651. The topological polar surface area (TPSA) is 53.9 Å². The van der Waals surface area contributed by atoms with Gasteiger partial charge in [0.05, 0.1) is 6.20 Å². The van der Waals surface area contributed by atoms with Crippen molar-refractivity contribution in [3.8, 4) is 0 Å². The molecule has 0 saturated carbocycles. The summed E-state index contributed by atoms with van der Waals surface area (Å²) in [6.45, 7) is 7.28. The zero-order chi connectivity index (χ0) is 15.2. The third kappa shape index (κ3) is 4.15. The first-order valence-corrected chi connectivity index (χ1v) is 7.35. The molecule has 5 nitrogen and oxygen atoms in total. The second-order valence-corrected chi connectivity index (χ2v) is 5.36. The maximum Gasteiger partial charge on any atom is 0.247 e. The van der Waals surface area contributed by atoms with Gasteiger partial charge in [-0.2, -0.15) is 10.1 Å². The SMILES string of the molecule is CCCCN(C)c1nncc(Nc2ccc(C)cc2C)n1. The molecule has 2 rings (SSSR count). The first kappa shape index (κ1) is 15.2. The van der Waals surface area contributed by atoms with Gasteiger partial charge in [0.1, 0.15) is 0 Å². The highest BCUT2D eigenvalue weighted by Gasteiger charge is 2.07. The molecule has 0 spiro atoms. The van der Waals surface area contributed by atoms with E-state index in [0.717, 1.165) is 30.9 Å². The molecule has 0 radical (unpaired) electrons. The predicted molar refractivity (Wildman–Crippen MR) is 87.2 cm³/mol. The van der Waals surface area contributed by atoms with Gasteiger partial charge in [0.2, 0.25) is 5.95 Å². The first-order valence-electron chi connectivity index (χ1n) is 7.35. The van der Waals surface area contributed by atoms with Crippen LogP contribution in [-0.2, 0) is 0 Å². The summed E-state index contributed by atoms with van der Waals surface area (Å²) in [6, 6.07) is 6.29. The van der Waals surface area contributed by atoms with Crippen LogP contribution in [0.2, 0.25) is 0 Å². The molecule has 21 heavy (non-hydrogen) atoms. The number of nitrogens with zero attached hydrogens (tertiary/aromatic N) is 4. The van der Waals surface area contributed by atoms with Crippen molar-refractivity contribution in [1.82, 2.24) is 15.2 Å². The van der Waals surface area contributed by atoms with Crippen molar-refractivity contribution >= 4 is 17.5 Å². The van der Waals surface area contributed by atoms with Crippen LogP contribution in [0.3, 0.4) is 0 Å². The standard InChI is InChI=1S/C16H23N5/c1-5-6-9-21(4)16-19-15(11-17-20-16)18-14-8-7-12(2)10-13(14)3/h7-8,10-11H,5-6,9H2,1-4H3,(H,18,19,20). The Bertz CT molecular complexity index is 597. The van der Waals surface area contributed by atoms with Crippen molar-refractivity contribution in [1.29, 1.82) is 0 Å². The van der Waals surface area contributed by atoms with Crippen LogP contribution in [0.25, 0.3) is 0 Å². The quantitative estimate of drug-likeness (QED) is 0.880. The molecular weight excluding hydrogens is 262 g/mol. The van der Waals surface area contributed by atoms with Gasteiger partial charge in [0, 0.05) is 19.3 Å². The van der Waals surface area contributed by atoms with Gasteiger partial charge in [0.25, 0.3) is 0 Å². The van der Waals surface area contributed by atoms with Gasteiger partial charge < -0.3 is 10.2 Å². The molecule has 0 aliphatic carbocycles. The second-order valence-electron chi connectivity index (χ2n) is 5.36. The molecule has 0 aliphatic heterocycles. The number of nitrogens with one attached hydrogen (secondary N) is 1. The number of benzene rings is 1. The van der Waals surface area contributed by atoms with Crippen LogP contribution >= 0.6 is 0 Å². The molecule has 0 bridgehead atoms. The van der Waals surface area contributed by atoms with Gasteiger partial charge in [-0.25, -0.2) is 0 Å². The Hall–Kier alpha value is -2.17. The van der Waals surface area contributed by atoms with Crippen LogP contribution in [0.4, 0.5) is 17.5 Å². The van der Waals surface area contributed by atoms with Crippen LogP contribution in [0.15, 0.2) is 24.4 Å². The van der Waals surface area contributed by atoms with E-state index in [0.29, 0.717) is 5.95 Å². The Morgan fingerprint density at radius 3 is 2.76 bits per heavy atom. The first-order chi connectivity index (χ1) is 10.1. The minimum absolute atomic E-state index is 0.651. The molecule has 0 saturated heterocycles. The summed E-state index contributed by atoms with van der Waals surface area (Å²) in [5, 5.41) is 11.4. The number of aromatic nitrogens is 3.